The number of nitro groups is 1. The zero-order valence-corrected chi connectivity index (χ0v) is 9.67. The number of halogens is 4. The van der Waals surface area contributed by atoms with Crippen molar-refractivity contribution in [2.75, 3.05) is 0 Å². The zero-order chi connectivity index (χ0) is 13.2. The number of nitrogens with zero attached hydrogens (tertiary/aromatic N) is 2. The predicted octanol–water partition coefficient (Wildman–Crippen LogP) is 3.44. The fraction of sp³-hybridized carbons (Fsp3) is 0.222. The van der Waals surface area contributed by atoms with E-state index in [9.17, 15) is 23.3 Å². The Kier molecular flexibility index (Phi) is 3.72. The highest BCUT2D eigenvalue weighted by atomic mass is 79.9. The van der Waals surface area contributed by atoms with Crippen molar-refractivity contribution in [2.24, 2.45) is 0 Å². The van der Waals surface area contributed by atoms with Gasteiger partial charge < -0.3 is 0 Å². The number of rotatable bonds is 2. The summed E-state index contributed by atoms with van der Waals surface area (Å²) in [7, 11) is 0. The van der Waals surface area contributed by atoms with Crippen LogP contribution in [0.4, 0.5) is 18.9 Å². The minimum absolute atomic E-state index is 0.0606. The molecule has 0 aliphatic heterocycles. The van der Waals surface area contributed by atoms with Gasteiger partial charge in [0.15, 0.2) is 0 Å². The Balaban J connectivity index is 3.55. The summed E-state index contributed by atoms with van der Waals surface area (Å²) in [4.78, 5) is 9.40. The van der Waals surface area contributed by atoms with E-state index in [1.165, 1.54) is 0 Å². The molecule has 0 amide bonds. The fourth-order valence-corrected chi connectivity index (χ4v) is 1.95. The summed E-state index contributed by atoms with van der Waals surface area (Å²) in [6.07, 6.45) is -5.12. The lowest BCUT2D eigenvalue weighted by atomic mass is 10.1. The number of nitro benzene ring substituents is 1. The quantitative estimate of drug-likeness (QED) is 0.621. The summed E-state index contributed by atoms with van der Waals surface area (Å²) in [6, 6.07) is 3.56. The Hall–Kier alpha value is -1.62. The van der Waals surface area contributed by atoms with Crippen molar-refractivity contribution in [3.63, 3.8) is 0 Å². The van der Waals surface area contributed by atoms with Gasteiger partial charge in [0, 0.05) is 10.5 Å². The molecule has 0 unspecified atom stereocenters. The van der Waals surface area contributed by atoms with Crippen molar-refractivity contribution in [3.05, 3.63) is 37.8 Å². The molecular formula is C9H4BrF3N2O2. The maximum absolute atomic E-state index is 12.7. The van der Waals surface area contributed by atoms with E-state index in [-0.39, 0.29) is 12.0 Å². The average Bonchev–Trinajstić information content (AvgIpc) is 2.18. The Bertz CT molecular complexity index is 508. The summed E-state index contributed by atoms with van der Waals surface area (Å²) in [5.74, 6) is 0. The molecule has 1 aromatic rings. The van der Waals surface area contributed by atoms with E-state index in [1.54, 1.807) is 6.07 Å². The maximum atomic E-state index is 12.7. The Morgan fingerprint density at radius 2 is 2.06 bits per heavy atom. The van der Waals surface area contributed by atoms with Gasteiger partial charge in [-0.2, -0.15) is 18.4 Å². The van der Waals surface area contributed by atoms with Crippen molar-refractivity contribution in [3.8, 4) is 6.07 Å². The highest BCUT2D eigenvalue weighted by Crippen LogP contribution is 2.42. The number of hydrogen-bond acceptors (Lipinski definition) is 3. The first-order valence-corrected chi connectivity index (χ1v) is 4.98. The Labute approximate surface area is 102 Å². The second-order valence-corrected chi connectivity index (χ2v) is 3.82. The summed E-state index contributed by atoms with van der Waals surface area (Å²) in [6.45, 7) is 0. The first kappa shape index (κ1) is 13.4. The third-order valence-electron chi connectivity index (χ3n) is 1.95. The summed E-state index contributed by atoms with van der Waals surface area (Å²) < 4.78 is 37.6. The average molecular weight is 309 g/mol. The summed E-state index contributed by atoms with van der Waals surface area (Å²) >= 11 is 2.66. The van der Waals surface area contributed by atoms with E-state index < -0.39 is 26.8 Å². The summed E-state index contributed by atoms with van der Waals surface area (Å²) in [5.41, 5.74) is -2.34. The van der Waals surface area contributed by atoms with Gasteiger partial charge in [-0.25, -0.2) is 0 Å². The molecule has 0 heterocycles. The van der Waals surface area contributed by atoms with Crippen LogP contribution in [0.3, 0.4) is 0 Å². The molecule has 1 aromatic carbocycles. The standard InChI is InChI=1S/C9H4BrF3N2O2/c10-8-5(3-4-14)1-2-6(15(16)17)7(8)9(11,12)13/h1-2H,3H2. The topological polar surface area (TPSA) is 66.9 Å². The first-order chi connectivity index (χ1) is 7.79. The van der Waals surface area contributed by atoms with Crippen LogP contribution in [-0.2, 0) is 12.6 Å². The monoisotopic (exact) mass is 308 g/mol. The highest BCUT2D eigenvalue weighted by molar-refractivity contribution is 9.10. The van der Waals surface area contributed by atoms with Crippen molar-refractivity contribution < 1.29 is 18.1 Å². The van der Waals surface area contributed by atoms with Gasteiger partial charge in [-0.3, -0.25) is 10.1 Å². The molecule has 0 spiro atoms. The number of alkyl halides is 3. The third-order valence-corrected chi connectivity index (χ3v) is 2.86. The molecule has 0 fully saturated rings. The van der Waals surface area contributed by atoms with Crippen LogP contribution >= 0.6 is 15.9 Å². The van der Waals surface area contributed by atoms with Crippen LogP contribution in [0.1, 0.15) is 11.1 Å². The van der Waals surface area contributed by atoms with Crippen LogP contribution in [0.15, 0.2) is 16.6 Å². The molecule has 0 aromatic heterocycles. The van der Waals surface area contributed by atoms with Crippen LogP contribution in [-0.4, -0.2) is 4.92 Å². The van der Waals surface area contributed by atoms with Crippen molar-refractivity contribution in [1.29, 1.82) is 5.26 Å². The van der Waals surface area contributed by atoms with Crippen LogP contribution < -0.4 is 0 Å². The molecule has 0 aliphatic rings. The second kappa shape index (κ2) is 4.71. The molecule has 0 N–H and O–H groups in total. The number of benzene rings is 1. The smallest absolute Gasteiger partial charge is 0.258 e. The number of hydrogen-bond donors (Lipinski definition) is 0. The SMILES string of the molecule is N#CCc1ccc([N+](=O)[O-])c(C(F)(F)F)c1Br. The molecule has 0 aliphatic carbocycles. The summed E-state index contributed by atoms with van der Waals surface area (Å²) in [5, 5.41) is 18.9. The lowest BCUT2D eigenvalue weighted by Crippen LogP contribution is -2.11. The predicted molar refractivity (Wildman–Crippen MR) is 55.1 cm³/mol. The largest absolute Gasteiger partial charge is 0.424 e. The van der Waals surface area contributed by atoms with E-state index in [4.69, 9.17) is 5.26 Å². The fourth-order valence-electron chi connectivity index (χ4n) is 1.25. The van der Waals surface area contributed by atoms with Gasteiger partial charge in [0.25, 0.3) is 5.69 Å². The van der Waals surface area contributed by atoms with Crippen LogP contribution in [0, 0.1) is 21.4 Å². The minimum atomic E-state index is -4.85. The molecule has 0 saturated heterocycles. The molecule has 0 atom stereocenters. The molecule has 8 heteroatoms. The van der Waals surface area contributed by atoms with Crippen LogP contribution in [0.25, 0.3) is 0 Å². The van der Waals surface area contributed by atoms with E-state index in [1.807, 2.05) is 0 Å². The molecular weight excluding hydrogens is 305 g/mol. The first-order valence-electron chi connectivity index (χ1n) is 4.19. The van der Waals surface area contributed by atoms with E-state index in [0.717, 1.165) is 12.1 Å². The van der Waals surface area contributed by atoms with E-state index >= 15 is 0 Å². The van der Waals surface area contributed by atoms with Crippen molar-refractivity contribution in [2.45, 2.75) is 12.6 Å². The van der Waals surface area contributed by atoms with Crippen LogP contribution in [0.2, 0.25) is 0 Å². The lowest BCUT2D eigenvalue weighted by molar-refractivity contribution is -0.388. The lowest BCUT2D eigenvalue weighted by Gasteiger charge is -2.11. The molecule has 4 nitrogen and oxygen atoms in total. The van der Waals surface area contributed by atoms with Crippen LogP contribution in [0.5, 0.6) is 0 Å². The van der Waals surface area contributed by atoms with Gasteiger partial charge in [0.1, 0.15) is 5.56 Å². The normalized spacial score (nSPS) is 11.0. The van der Waals surface area contributed by atoms with Gasteiger partial charge in [0.05, 0.1) is 17.4 Å². The van der Waals surface area contributed by atoms with Crippen molar-refractivity contribution in [1.82, 2.24) is 0 Å². The second-order valence-electron chi connectivity index (χ2n) is 3.02. The number of nitriles is 1. The molecule has 0 radical (unpaired) electrons. The molecule has 90 valence electrons. The zero-order valence-electron chi connectivity index (χ0n) is 8.08. The molecule has 0 saturated carbocycles. The Morgan fingerprint density at radius 3 is 2.47 bits per heavy atom. The van der Waals surface area contributed by atoms with Gasteiger partial charge in [-0.15, -0.1) is 0 Å². The van der Waals surface area contributed by atoms with Crippen molar-refractivity contribution >= 4 is 21.6 Å². The van der Waals surface area contributed by atoms with Gasteiger partial charge in [-0.05, 0) is 21.5 Å². The minimum Gasteiger partial charge on any atom is -0.258 e. The third kappa shape index (κ3) is 2.74. The molecule has 0 bridgehead atoms. The Morgan fingerprint density at radius 1 is 1.47 bits per heavy atom. The highest BCUT2D eigenvalue weighted by Gasteiger charge is 2.41. The maximum Gasteiger partial charge on any atom is 0.424 e. The van der Waals surface area contributed by atoms with E-state index in [0.29, 0.717) is 0 Å². The van der Waals surface area contributed by atoms with Gasteiger partial charge in [-0.1, -0.05) is 6.07 Å². The molecule has 17 heavy (non-hydrogen) atoms. The van der Waals surface area contributed by atoms with E-state index in [2.05, 4.69) is 15.9 Å². The van der Waals surface area contributed by atoms with Gasteiger partial charge in [0.2, 0.25) is 0 Å². The molecule has 1 rings (SSSR count). The van der Waals surface area contributed by atoms with Gasteiger partial charge >= 0.3 is 6.18 Å².